The van der Waals surface area contributed by atoms with E-state index in [0.29, 0.717) is 0 Å². The minimum absolute atomic E-state index is 0.722. The van der Waals surface area contributed by atoms with Crippen molar-refractivity contribution in [3.8, 4) is 0 Å². The van der Waals surface area contributed by atoms with E-state index in [2.05, 4.69) is 51.3 Å². The molecule has 1 aliphatic rings. The quantitative estimate of drug-likeness (QED) is 0.914. The van der Waals surface area contributed by atoms with Crippen molar-refractivity contribution in [1.29, 1.82) is 0 Å². The summed E-state index contributed by atoms with van der Waals surface area (Å²) in [6, 6.07) is 7.34. The van der Waals surface area contributed by atoms with E-state index in [9.17, 15) is 0 Å². The van der Waals surface area contributed by atoms with E-state index in [0.717, 1.165) is 12.6 Å². The fourth-order valence-electron chi connectivity index (χ4n) is 2.72. The SMILES string of the molecule is CCC1CCCN1c1cc(Br)ccc1CNC. The van der Waals surface area contributed by atoms with Crippen LogP contribution in [0.4, 0.5) is 5.69 Å². The molecule has 1 fully saturated rings. The van der Waals surface area contributed by atoms with E-state index in [4.69, 9.17) is 0 Å². The molecule has 1 saturated heterocycles. The van der Waals surface area contributed by atoms with Crippen molar-refractivity contribution in [2.24, 2.45) is 0 Å². The molecule has 94 valence electrons. The summed E-state index contributed by atoms with van der Waals surface area (Å²) in [4.78, 5) is 2.58. The predicted octanol–water partition coefficient (Wildman–Crippen LogP) is 3.55. The van der Waals surface area contributed by atoms with Gasteiger partial charge in [-0.3, -0.25) is 0 Å². The average Bonchev–Trinajstić information content (AvgIpc) is 2.79. The fraction of sp³-hybridized carbons (Fsp3) is 0.571. The first kappa shape index (κ1) is 12.9. The van der Waals surface area contributed by atoms with Gasteiger partial charge >= 0.3 is 0 Å². The van der Waals surface area contributed by atoms with Crippen LogP contribution < -0.4 is 10.2 Å². The molecule has 0 aliphatic carbocycles. The summed E-state index contributed by atoms with van der Waals surface area (Å²) >= 11 is 3.59. The molecule has 0 saturated carbocycles. The molecule has 1 aromatic carbocycles. The Balaban J connectivity index is 2.31. The highest BCUT2D eigenvalue weighted by Crippen LogP contribution is 2.32. The van der Waals surface area contributed by atoms with Gasteiger partial charge in [0.25, 0.3) is 0 Å². The van der Waals surface area contributed by atoms with Gasteiger partial charge in [-0.2, -0.15) is 0 Å². The third kappa shape index (κ3) is 2.83. The molecular formula is C14H21BrN2. The van der Waals surface area contributed by atoms with Crippen LogP contribution in [0.25, 0.3) is 0 Å². The van der Waals surface area contributed by atoms with Gasteiger partial charge in [0.1, 0.15) is 0 Å². The second-order valence-corrected chi connectivity index (χ2v) is 5.62. The highest BCUT2D eigenvalue weighted by Gasteiger charge is 2.24. The van der Waals surface area contributed by atoms with Crippen LogP contribution in [0, 0.1) is 0 Å². The molecule has 1 N–H and O–H groups in total. The van der Waals surface area contributed by atoms with E-state index in [1.165, 1.54) is 41.5 Å². The Bertz CT molecular complexity index is 378. The van der Waals surface area contributed by atoms with Crippen molar-refractivity contribution >= 4 is 21.6 Å². The molecule has 17 heavy (non-hydrogen) atoms. The van der Waals surface area contributed by atoms with E-state index < -0.39 is 0 Å². The lowest BCUT2D eigenvalue weighted by Crippen LogP contribution is -2.29. The summed E-state index contributed by atoms with van der Waals surface area (Å²) in [7, 11) is 2.01. The van der Waals surface area contributed by atoms with E-state index in [-0.39, 0.29) is 0 Å². The second-order valence-electron chi connectivity index (χ2n) is 4.70. The normalized spacial score (nSPS) is 19.9. The third-order valence-electron chi connectivity index (χ3n) is 3.57. The summed E-state index contributed by atoms with van der Waals surface area (Å²) in [6.07, 6.45) is 3.90. The zero-order valence-electron chi connectivity index (χ0n) is 10.7. The Morgan fingerprint density at radius 2 is 2.29 bits per heavy atom. The minimum atomic E-state index is 0.722. The van der Waals surface area contributed by atoms with Gasteiger partial charge in [0.2, 0.25) is 0 Å². The lowest BCUT2D eigenvalue weighted by Gasteiger charge is -2.28. The zero-order valence-corrected chi connectivity index (χ0v) is 12.3. The van der Waals surface area contributed by atoms with Crippen LogP contribution in [0.15, 0.2) is 22.7 Å². The number of nitrogens with zero attached hydrogens (tertiary/aromatic N) is 1. The monoisotopic (exact) mass is 296 g/mol. The van der Waals surface area contributed by atoms with Crippen molar-refractivity contribution in [2.75, 3.05) is 18.5 Å². The average molecular weight is 297 g/mol. The van der Waals surface area contributed by atoms with Crippen LogP contribution in [0.1, 0.15) is 31.7 Å². The van der Waals surface area contributed by atoms with E-state index >= 15 is 0 Å². The van der Waals surface area contributed by atoms with Crippen LogP contribution in [0.3, 0.4) is 0 Å². The topological polar surface area (TPSA) is 15.3 Å². The van der Waals surface area contributed by atoms with Crippen molar-refractivity contribution in [1.82, 2.24) is 5.32 Å². The Morgan fingerprint density at radius 1 is 1.47 bits per heavy atom. The molecule has 0 amide bonds. The number of hydrogen-bond donors (Lipinski definition) is 1. The molecule has 1 aromatic rings. The number of anilines is 1. The fourth-order valence-corrected chi connectivity index (χ4v) is 3.07. The predicted molar refractivity (Wildman–Crippen MR) is 77.6 cm³/mol. The Kier molecular flexibility index (Phi) is 4.46. The van der Waals surface area contributed by atoms with Gasteiger partial charge < -0.3 is 10.2 Å². The molecule has 2 nitrogen and oxygen atoms in total. The lowest BCUT2D eigenvalue weighted by atomic mass is 10.1. The first-order valence-electron chi connectivity index (χ1n) is 6.46. The Hall–Kier alpha value is -0.540. The maximum atomic E-state index is 3.59. The number of halogens is 1. The maximum absolute atomic E-state index is 3.59. The molecule has 1 atom stereocenters. The lowest BCUT2D eigenvalue weighted by molar-refractivity contribution is 0.642. The number of rotatable bonds is 4. The van der Waals surface area contributed by atoms with Gasteiger partial charge in [0.05, 0.1) is 0 Å². The Labute approximate surface area is 113 Å². The van der Waals surface area contributed by atoms with Gasteiger partial charge in [-0.1, -0.05) is 28.9 Å². The minimum Gasteiger partial charge on any atom is -0.368 e. The summed E-state index contributed by atoms with van der Waals surface area (Å²) in [5.41, 5.74) is 2.80. The van der Waals surface area contributed by atoms with Crippen LogP contribution in [0.5, 0.6) is 0 Å². The number of benzene rings is 1. The molecule has 1 unspecified atom stereocenters. The summed E-state index contributed by atoms with van der Waals surface area (Å²) in [5, 5.41) is 3.26. The second kappa shape index (κ2) is 5.87. The molecule has 0 bridgehead atoms. The third-order valence-corrected chi connectivity index (χ3v) is 4.07. The summed E-state index contributed by atoms with van der Waals surface area (Å²) in [6.45, 7) is 4.43. The first-order chi connectivity index (χ1) is 8.26. The van der Waals surface area contributed by atoms with E-state index in [1.54, 1.807) is 0 Å². The smallest absolute Gasteiger partial charge is 0.0425 e. The largest absolute Gasteiger partial charge is 0.368 e. The van der Waals surface area contributed by atoms with Crippen molar-refractivity contribution in [3.05, 3.63) is 28.2 Å². The van der Waals surface area contributed by atoms with Gasteiger partial charge in [-0.25, -0.2) is 0 Å². The molecule has 1 heterocycles. The van der Waals surface area contributed by atoms with Crippen LogP contribution >= 0.6 is 15.9 Å². The van der Waals surface area contributed by atoms with Crippen molar-refractivity contribution in [2.45, 2.75) is 38.8 Å². The number of hydrogen-bond acceptors (Lipinski definition) is 2. The first-order valence-corrected chi connectivity index (χ1v) is 7.25. The van der Waals surface area contributed by atoms with Crippen LogP contribution in [0.2, 0.25) is 0 Å². The van der Waals surface area contributed by atoms with Gasteiger partial charge in [0.15, 0.2) is 0 Å². The molecule has 0 spiro atoms. The molecule has 3 heteroatoms. The van der Waals surface area contributed by atoms with Gasteiger partial charge in [-0.05, 0) is 44.0 Å². The van der Waals surface area contributed by atoms with Crippen molar-refractivity contribution < 1.29 is 0 Å². The van der Waals surface area contributed by atoms with E-state index in [1.807, 2.05) is 7.05 Å². The van der Waals surface area contributed by atoms with Gasteiger partial charge in [0, 0.05) is 29.3 Å². The standard InChI is InChI=1S/C14H21BrN2/c1-3-13-5-4-8-17(13)14-9-12(15)7-6-11(14)10-16-2/h6-7,9,13,16H,3-5,8,10H2,1-2H3. The Morgan fingerprint density at radius 3 is 3.00 bits per heavy atom. The zero-order chi connectivity index (χ0) is 12.3. The van der Waals surface area contributed by atoms with Crippen LogP contribution in [-0.4, -0.2) is 19.6 Å². The molecule has 0 radical (unpaired) electrons. The molecule has 0 aromatic heterocycles. The molecular weight excluding hydrogens is 276 g/mol. The number of nitrogens with one attached hydrogen (secondary N) is 1. The van der Waals surface area contributed by atoms with Crippen molar-refractivity contribution in [3.63, 3.8) is 0 Å². The highest BCUT2D eigenvalue weighted by atomic mass is 79.9. The molecule has 2 rings (SSSR count). The summed E-state index contributed by atoms with van der Waals surface area (Å²) < 4.78 is 1.18. The summed E-state index contributed by atoms with van der Waals surface area (Å²) in [5.74, 6) is 0. The van der Waals surface area contributed by atoms with Crippen LogP contribution in [-0.2, 0) is 6.54 Å². The van der Waals surface area contributed by atoms with Gasteiger partial charge in [-0.15, -0.1) is 0 Å². The molecule has 1 aliphatic heterocycles. The maximum Gasteiger partial charge on any atom is 0.0425 e. The highest BCUT2D eigenvalue weighted by molar-refractivity contribution is 9.10.